The number of hydrogen-bond donors (Lipinski definition) is 1. The van der Waals surface area contributed by atoms with Gasteiger partial charge in [-0.25, -0.2) is 4.79 Å². The fraction of sp³-hybridized carbons (Fsp3) is 0.417. The van der Waals surface area contributed by atoms with E-state index >= 15 is 0 Å². The number of hydrogen-bond acceptors (Lipinski definition) is 4. The van der Waals surface area contributed by atoms with E-state index in [0.717, 1.165) is 5.69 Å². The van der Waals surface area contributed by atoms with Crippen LogP contribution >= 0.6 is 15.9 Å². The zero-order valence-corrected chi connectivity index (χ0v) is 11.7. The van der Waals surface area contributed by atoms with Crippen molar-refractivity contribution in [2.24, 2.45) is 0 Å². The third-order valence-corrected chi connectivity index (χ3v) is 3.84. The highest BCUT2D eigenvalue weighted by Crippen LogP contribution is 2.32. The lowest BCUT2D eigenvalue weighted by Crippen LogP contribution is -2.64. The van der Waals surface area contributed by atoms with Gasteiger partial charge in [0.15, 0.2) is 0 Å². The Morgan fingerprint density at radius 1 is 1.39 bits per heavy atom. The molecule has 98 valence electrons. The smallest absolute Gasteiger partial charge is 0.336 e. The molecule has 0 spiro atoms. The SMILES string of the molecule is COC1(OC)CN(c2ccc(Br)c(C(=O)O)c2)C1. The van der Waals surface area contributed by atoms with Crippen molar-refractivity contribution in [2.45, 2.75) is 5.79 Å². The third kappa shape index (κ3) is 2.23. The van der Waals surface area contributed by atoms with E-state index in [0.29, 0.717) is 17.6 Å². The van der Waals surface area contributed by atoms with Crippen molar-refractivity contribution in [3.8, 4) is 0 Å². The minimum atomic E-state index is -0.950. The van der Waals surface area contributed by atoms with Gasteiger partial charge < -0.3 is 19.5 Å². The maximum absolute atomic E-state index is 11.0. The van der Waals surface area contributed by atoms with Gasteiger partial charge in [-0.15, -0.1) is 0 Å². The minimum Gasteiger partial charge on any atom is -0.478 e. The topological polar surface area (TPSA) is 59.0 Å². The second kappa shape index (κ2) is 4.87. The molecule has 0 bridgehead atoms. The third-order valence-electron chi connectivity index (χ3n) is 3.15. The lowest BCUT2D eigenvalue weighted by Gasteiger charge is -2.48. The maximum atomic E-state index is 11.0. The number of rotatable bonds is 4. The number of carbonyl (C=O) groups is 1. The van der Waals surface area contributed by atoms with Crippen molar-refractivity contribution in [1.29, 1.82) is 0 Å². The van der Waals surface area contributed by atoms with Gasteiger partial charge in [0, 0.05) is 24.4 Å². The van der Waals surface area contributed by atoms with Gasteiger partial charge in [-0.2, -0.15) is 0 Å². The molecule has 1 aliphatic heterocycles. The number of halogens is 1. The summed E-state index contributed by atoms with van der Waals surface area (Å²) >= 11 is 3.22. The Bertz CT molecular complexity index is 465. The molecule has 1 fully saturated rings. The van der Waals surface area contributed by atoms with Gasteiger partial charge in [0.2, 0.25) is 5.79 Å². The molecule has 0 saturated carbocycles. The van der Waals surface area contributed by atoms with E-state index in [4.69, 9.17) is 14.6 Å². The summed E-state index contributed by atoms with van der Waals surface area (Å²) in [5, 5.41) is 9.06. The Kier molecular flexibility index (Phi) is 3.61. The van der Waals surface area contributed by atoms with Gasteiger partial charge in [-0.1, -0.05) is 0 Å². The molecule has 0 aliphatic carbocycles. The summed E-state index contributed by atoms with van der Waals surface area (Å²) in [5.41, 5.74) is 1.10. The van der Waals surface area contributed by atoms with E-state index in [-0.39, 0.29) is 5.56 Å². The number of carboxylic acids is 1. The molecule has 0 radical (unpaired) electrons. The van der Waals surface area contributed by atoms with Gasteiger partial charge in [-0.3, -0.25) is 0 Å². The van der Waals surface area contributed by atoms with E-state index in [1.807, 2.05) is 11.0 Å². The largest absolute Gasteiger partial charge is 0.478 e. The van der Waals surface area contributed by atoms with Gasteiger partial charge in [0.05, 0.1) is 18.7 Å². The number of aromatic carboxylic acids is 1. The highest BCUT2D eigenvalue weighted by atomic mass is 79.9. The first-order valence-electron chi connectivity index (χ1n) is 5.39. The quantitative estimate of drug-likeness (QED) is 0.861. The predicted octanol–water partition coefficient (Wildman–Crippen LogP) is 1.96. The van der Waals surface area contributed by atoms with Crippen molar-refractivity contribution >= 4 is 27.6 Å². The van der Waals surface area contributed by atoms with Crippen LogP contribution in [0.4, 0.5) is 5.69 Å². The monoisotopic (exact) mass is 315 g/mol. The summed E-state index contributed by atoms with van der Waals surface area (Å²) in [4.78, 5) is 13.1. The molecule has 18 heavy (non-hydrogen) atoms. The van der Waals surface area contributed by atoms with Crippen molar-refractivity contribution in [1.82, 2.24) is 0 Å². The van der Waals surface area contributed by atoms with E-state index in [9.17, 15) is 4.79 Å². The number of nitrogens with zero attached hydrogens (tertiary/aromatic N) is 1. The van der Waals surface area contributed by atoms with Gasteiger partial charge >= 0.3 is 5.97 Å². The molecule has 2 rings (SSSR count). The Labute approximate surface area is 113 Å². The first-order valence-corrected chi connectivity index (χ1v) is 6.19. The first kappa shape index (κ1) is 13.3. The summed E-state index contributed by atoms with van der Waals surface area (Å²) in [7, 11) is 3.20. The van der Waals surface area contributed by atoms with Gasteiger partial charge in [-0.05, 0) is 34.1 Å². The summed E-state index contributed by atoms with van der Waals surface area (Å²) in [6.45, 7) is 1.17. The van der Waals surface area contributed by atoms with Crippen LogP contribution in [0.3, 0.4) is 0 Å². The van der Waals surface area contributed by atoms with E-state index in [1.165, 1.54) is 0 Å². The fourth-order valence-electron chi connectivity index (χ4n) is 1.93. The van der Waals surface area contributed by atoms with Crippen LogP contribution in [0.1, 0.15) is 10.4 Å². The van der Waals surface area contributed by atoms with Crippen LogP contribution in [0.2, 0.25) is 0 Å². The van der Waals surface area contributed by atoms with E-state index < -0.39 is 11.8 Å². The second-order valence-electron chi connectivity index (χ2n) is 4.14. The first-order chi connectivity index (χ1) is 8.51. The lowest BCUT2D eigenvalue weighted by atomic mass is 10.1. The van der Waals surface area contributed by atoms with Crippen LogP contribution < -0.4 is 4.90 Å². The number of methoxy groups -OCH3 is 2. The van der Waals surface area contributed by atoms with Crippen LogP contribution in [-0.4, -0.2) is 44.2 Å². The molecule has 0 unspecified atom stereocenters. The molecular weight excluding hydrogens is 302 g/mol. The lowest BCUT2D eigenvalue weighted by molar-refractivity contribution is -0.219. The Morgan fingerprint density at radius 2 is 2.00 bits per heavy atom. The van der Waals surface area contributed by atoms with E-state index in [2.05, 4.69) is 15.9 Å². The van der Waals surface area contributed by atoms with Crippen molar-refractivity contribution in [2.75, 3.05) is 32.2 Å². The predicted molar refractivity (Wildman–Crippen MR) is 70.1 cm³/mol. The van der Waals surface area contributed by atoms with Gasteiger partial charge in [0.1, 0.15) is 0 Å². The zero-order valence-electron chi connectivity index (χ0n) is 10.1. The number of ether oxygens (including phenoxy) is 2. The zero-order chi connectivity index (χ0) is 13.3. The highest BCUT2D eigenvalue weighted by Gasteiger charge is 2.44. The Morgan fingerprint density at radius 3 is 2.50 bits per heavy atom. The fourth-order valence-corrected chi connectivity index (χ4v) is 2.35. The Hall–Kier alpha value is -1.11. The normalized spacial score (nSPS) is 17.4. The summed E-state index contributed by atoms with van der Waals surface area (Å²) < 4.78 is 11.1. The molecule has 0 atom stereocenters. The van der Waals surface area contributed by atoms with Crippen molar-refractivity contribution in [3.05, 3.63) is 28.2 Å². The highest BCUT2D eigenvalue weighted by molar-refractivity contribution is 9.10. The Balaban J connectivity index is 2.17. The van der Waals surface area contributed by atoms with Gasteiger partial charge in [0.25, 0.3) is 0 Å². The molecule has 1 aromatic carbocycles. The summed E-state index contributed by atoms with van der Waals surface area (Å²) in [5.74, 6) is -1.52. The average Bonchev–Trinajstić information content (AvgIpc) is 2.30. The average molecular weight is 316 g/mol. The number of anilines is 1. The summed E-state index contributed by atoms with van der Waals surface area (Å²) in [6.07, 6.45) is 0. The van der Waals surface area contributed by atoms with Crippen LogP contribution in [-0.2, 0) is 9.47 Å². The molecule has 5 nitrogen and oxygen atoms in total. The van der Waals surface area contributed by atoms with E-state index in [1.54, 1.807) is 26.4 Å². The van der Waals surface area contributed by atoms with Crippen molar-refractivity contribution < 1.29 is 19.4 Å². The van der Waals surface area contributed by atoms with Crippen LogP contribution in [0.5, 0.6) is 0 Å². The molecule has 0 amide bonds. The molecule has 0 aromatic heterocycles. The molecule has 1 saturated heterocycles. The molecule has 1 aliphatic rings. The maximum Gasteiger partial charge on any atom is 0.336 e. The molecule has 6 heteroatoms. The molecule has 1 heterocycles. The standard InChI is InChI=1S/C12H14BrNO4/c1-17-12(18-2)6-14(7-12)8-3-4-10(13)9(5-8)11(15)16/h3-5H,6-7H2,1-2H3,(H,15,16). The van der Waals surface area contributed by atoms with Crippen LogP contribution in [0.25, 0.3) is 0 Å². The molecular formula is C12H14BrNO4. The summed E-state index contributed by atoms with van der Waals surface area (Å²) in [6, 6.07) is 5.24. The van der Waals surface area contributed by atoms with Crippen molar-refractivity contribution in [3.63, 3.8) is 0 Å². The number of benzene rings is 1. The number of carboxylic acid groups (broad SMARTS) is 1. The molecule has 1 N–H and O–H groups in total. The minimum absolute atomic E-state index is 0.250. The van der Waals surface area contributed by atoms with Crippen LogP contribution in [0.15, 0.2) is 22.7 Å². The second-order valence-corrected chi connectivity index (χ2v) is 5.00. The van der Waals surface area contributed by atoms with Crippen LogP contribution in [0, 0.1) is 0 Å². The molecule has 1 aromatic rings.